The van der Waals surface area contributed by atoms with Crippen LogP contribution in [0.15, 0.2) is 48.6 Å². The van der Waals surface area contributed by atoms with Crippen LogP contribution in [0.4, 0.5) is 0 Å². The van der Waals surface area contributed by atoms with Crippen LogP contribution in [-0.4, -0.2) is 68.7 Å². The summed E-state index contributed by atoms with van der Waals surface area (Å²) in [5.41, 5.74) is 0. The number of carbonyl (C=O) groups excluding carboxylic acids is 2. The lowest BCUT2D eigenvalue weighted by molar-refractivity contribution is -0.156. The first-order chi connectivity index (χ1) is 25.4. The van der Waals surface area contributed by atoms with E-state index in [1.807, 2.05) is 19.0 Å². The Hall–Kier alpha value is -2.22. The van der Waals surface area contributed by atoms with Crippen LogP contribution in [0.5, 0.6) is 0 Å². The van der Waals surface area contributed by atoms with E-state index in [0.29, 0.717) is 25.8 Å². The number of aliphatic hydroxyl groups is 1. The van der Waals surface area contributed by atoms with Gasteiger partial charge in [0.05, 0.1) is 32.2 Å². The SMILES string of the molecule is CCCCC/C=C\C/C=C\CCCCCCCC(=O)OCC(COC(=O)CCN(C)C)COC(O)CCCCCCC/C=C\C/C=C\CCCCC. The van der Waals surface area contributed by atoms with Crippen LogP contribution in [0, 0.1) is 5.92 Å². The van der Waals surface area contributed by atoms with E-state index in [4.69, 9.17) is 14.2 Å². The smallest absolute Gasteiger partial charge is 0.307 e. The summed E-state index contributed by atoms with van der Waals surface area (Å²) in [5, 5.41) is 10.4. The lowest BCUT2D eigenvalue weighted by atomic mass is 10.1. The van der Waals surface area contributed by atoms with Gasteiger partial charge in [0.15, 0.2) is 6.29 Å². The van der Waals surface area contributed by atoms with Gasteiger partial charge in [0.2, 0.25) is 0 Å². The number of ether oxygens (including phenoxy) is 3. The van der Waals surface area contributed by atoms with Crippen LogP contribution < -0.4 is 0 Å². The Morgan fingerprint density at radius 2 is 0.962 bits per heavy atom. The molecule has 0 rings (SSSR count). The summed E-state index contributed by atoms with van der Waals surface area (Å²) in [6, 6.07) is 0. The average molecular weight is 732 g/mol. The molecule has 0 fully saturated rings. The van der Waals surface area contributed by atoms with E-state index in [-0.39, 0.29) is 37.7 Å². The summed E-state index contributed by atoms with van der Waals surface area (Å²) in [7, 11) is 3.82. The Morgan fingerprint density at radius 1 is 0.538 bits per heavy atom. The molecule has 2 atom stereocenters. The van der Waals surface area contributed by atoms with Crippen LogP contribution in [0.25, 0.3) is 0 Å². The molecule has 0 aromatic carbocycles. The van der Waals surface area contributed by atoms with Gasteiger partial charge in [-0.3, -0.25) is 9.59 Å². The topological polar surface area (TPSA) is 85.3 Å². The molecule has 52 heavy (non-hydrogen) atoms. The minimum absolute atomic E-state index is 0.0969. The van der Waals surface area contributed by atoms with Crippen LogP contribution in [0.2, 0.25) is 0 Å². The maximum atomic E-state index is 12.5. The molecule has 0 radical (unpaired) electrons. The van der Waals surface area contributed by atoms with Crippen molar-refractivity contribution in [1.29, 1.82) is 0 Å². The Bertz CT molecular complexity index is 911. The number of unbranched alkanes of at least 4 members (excludes halogenated alkanes) is 16. The highest BCUT2D eigenvalue weighted by atomic mass is 16.6. The normalized spacial score (nSPS) is 13.3. The number of rotatable bonds is 38. The van der Waals surface area contributed by atoms with Gasteiger partial charge in [-0.2, -0.15) is 0 Å². The minimum Gasteiger partial charge on any atom is -0.465 e. The Labute approximate surface area is 320 Å². The van der Waals surface area contributed by atoms with Gasteiger partial charge in [-0.25, -0.2) is 0 Å². The maximum absolute atomic E-state index is 12.5. The molecule has 0 bridgehead atoms. The van der Waals surface area contributed by atoms with Gasteiger partial charge in [-0.15, -0.1) is 0 Å². The fourth-order valence-electron chi connectivity index (χ4n) is 5.57. The summed E-state index contributed by atoms with van der Waals surface area (Å²) in [5.74, 6) is -0.850. The van der Waals surface area contributed by atoms with Crippen LogP contribution >= 0.6 is 0 Å². The first kappa shape index (κ1) is 49.8. The third-order valence-corrected chi connectivity index (χ3v) is 8.98. The third kappa shape index (κ3) is 39.0. The van der Waals surface area contributed by atoms with E-state index in [2.05, 4.69) is 62.5 Å². The highest BCUT2D eigenvalue weighted by Gasteiger charge is 2.18. The maximum Gasteiger partial charge on any atom is 0.307 e. The summed E-state index contributed by atoms with van der Waals surface area (Å²) >= 11 is 0. The second kappa shape index (κ2) is 40.0. The molecule has 1 N–H and O–H groups in total. The number of aliphatic hydroxyl groups excluding tert-OH is 1. The van der Waals surface area contributed by atoms with Crippen LogP contribution in [0.3, 0.4) is 0 Å². The van der Waals surface area contributed by atoms with Gasteiger partial charge in [0.25, 0.3) is 0 Å². The van der Waals surface area contributed by atoms with Crippen molar-refractivity contribution in [1.82, 2.24) is 4.90 Å². The molecule has 0 spiro atoms. The summed E-state index contributed by atoms with van der Waals surface area (Å²) < 4.78 is 16.7. The van der Waals surface area contributed by atoms with Crippen molar-refractivity contribution < 1.29 is 28.9 Å². The molecule has 7 heteroatoms. The average Bonchev–Trinajstić information content (AvgIpc) is 3.13. The highest BCUT2D eigenvalue weighted by Crippen LogP contribution is 2.13. The fourth-order valence-corrected chi connectivity index (χ4v) is 5.57. The van der Waals surface area contributed by atoms with Crippen molar-refractivity contribution in [2.75, 3.05) is 40.5 Å². The van der Waals surface area contributed by atoms with Crippen LogP contribution in [0.1, 0.15) is 174 Å². The quantitative estimate of drug-likeness (QED) is 0.0293. The second-order valence-corrected chi connectivity index (χ2v) is 14.6. The van der Waals surface area contributed by atoms with Crippen molar-refractivity contribution in [2.24, 2.45) is 5.92 Å². The fraction of sp³-hybridized carbons (Fsp3) is 0.778. The van der Waals surface area contributed by atoms with Gasteiger partial charge in [0.1, 0.15) is 0 Å². The number of esters is 2. The molecular formula is C45H81NO6. The van der Waals surface area contributed by atoms with Gasteiger partial charge < -0.3 is 24.2 Å². The lowest BCUT2D eigenvalue weighted by Crippen LogP contribution is -2.28. The molecule has 7 nitrogen and oxygen atoms in total. The highest BCUT2D eigenvalue weighted by molar-refractivity contribution is 5.70. The molecule has 2 unspecified atom stereocenters. The molecule has 0 amide bonds. The molecule has 0 saturated carbocycles. The summed E-state index contributed by atoms with van der Waals surface area (Å²) in [6.07, 6.45) is 43.8. The van der Waals surface area contributed by atoms with Crippen molar-refractivity contribution in [2.45, 2.75) is 181 Å². The Kier molecular flexibility index (Phi) is 38.3. The molecule has 0 saturated heterocycles. The first-order valence-electron chi connectivity index (χ1n) is 21.2. The first-order valence-corrected chi connectivity index (χ1v) is 21.2. The number of nitrogens with zero attached hydrogens (tertiary/aromatic N) is 1. The van der Waals surface area contributed by atoms with Crippen molar-refractivity contribution in [3.05, 3.63) is 48.6 Å². The van der Waals surface area contributed by atoms with E-state index >= 15 is 0 Å². The summed E-state index contributed by atoms with van der Waals surface area (Å²) in [4.78, 5) is 26.6. The van der Waals surface area contributed by atoms with E-state index in [1.54, 1.807) is 0 Å². The second-order valence-electron chi connectivity index (χ2n) is 14.6. The molecular weight excluding hydrogens is 650 g/mol. The Balaban J connectivity index is 4.19. The number of hydrogen-bond donors (Lipinski definition) is 1. The zero-order chi connectivity index (χ0) is 38.2. The predicted molar refractivity (Wildman–Crippen MR) is 219 cm³/mol. The van der Waals surface area contributed by atoms with Gasteiger partial charge in [0, 0.05) is 13.0 Å². The van der Waals surface area contributed by atoms with E-state index in [9.17, 15) is 14.7 Å². The van der Waals surface area contributed by atoms with E-state index in [0.717, 1.165) is 64.2 Å². The lowest BCUT2D eigenvalue weighted by Gasteiger charge is -2.20. The zero-order valence-electron chi connectivity index (χ0n) is 34.2. The molecule has 0 aliphatic heterocycles. The largest absolute Gasteiger partial charge is 0.465 e. The van der Waals surface area contributed by atoms with Crippen molar-refractivity contribution in [3.8, 4) is 0 Å². The Morgan fingerprint density at radius 3 is 1.44 bits per heavy atom. The standard InChI is InChI=1S/C45H81NO6/c1-5-7-9-11-13-15-17-19-21-23-25-27-29-31-33-35-43(47)50-39-42(41-52-45(49)37-38-46(3)4)40-51-44(48)36-34-32-30-28-26-24-22-20-18-16-14-12-10-8-6-2/h13-16,19-22,42-43,47H,5-12,17-18,23-41H2,1-4H3/b15-13-,16-14-,21-19-,22-20-. The molecule has 0 aromatic rings. The molecule has 0 heterocycles. The van der Waals surface area contributed by atoms with Crippen molar-refractivity contribution in [3.63, 3.8) is 0 Å². The third-order valence-electron chi connectivity index (χ3n) is 8.98. The van der Waals surface area contributed by atoms with Gasteiger partial charge in [-0.1, -0.05) is 127 Å². The van der Waals surface area contributed by atoms with E-state index < -0.39 is 6.29 Å². The number of allylic oxidation sites excluding steroid dienone is 8. The molecule has 0 aliphatic rings. The van der Waals surface area contributed by atoms with Gasteiger partial charge in [-0.05, 0) is 97.6 Å². The zero-order valence-corrected chi connectivity index (χ0v) is 34.2. The number of carbonyl (C=O) groups is 2. The monoisotopic (exact) mass is 732 g/mol. The molecule has 302 valence electrons. The van der Waals surface area contributed by atoms with E-state index in [1.165, 1.54) is 77.0 Å². The molecule has 0 aliphatic carbocycles. The predicted octanol–water partition coefficient (Wildman–Crippen LogP) is 11.6. The van der Waals surface area contributed by atoms with Gasteiger partial charge >= 0.3 is 11.9 Å². The van der Waals surface area contributed by atoms with Crippen LogP contribution in [-0.2, 0) is 23.8 Å². The minimum atomic E-state index is -0.881. The number of hydrogen-bond acceptors (Lipinski definition) is 7. The molecule has 0 aromatic heterocycles. The summed E-state index contributed by atoms with van der Waals surface area (Å²) in [6.45, 7) is 5.45. The van der Waals surface area contributed by atoms with Crippen molar-refractivity contribution >= 4 is 11.9 Å².